The molecular weight excluding hydrogens is 262 g/mol. The van der Waals surface area contributed by atoms with Gasteiger partial charge in [0.1, 0.15) is 0 Å². The summed E-state index contributed by atoms with van der Waals surface area (Å²) >= 11 is 0. The fraction of sp³-hybridized carbons (Fsp3) is 0.824. The molecule has 0 saturated heterocycles. The minimum atomic E-state index is -0.0887. The molecule has 1 atom stereocenters. The van der Waals surface area contributed by atoms with Gasteiger partial charge in [0, 0.05) is 19.9 Å². The number of aryl methyl sites for hydroxylation is 1. The van der Waals surface area contributed by atoms with Crippen LogP contribution in [-0.4, -0.2) is 29.0 Å². The smallest absolute Gasteiger partial charge is 0.0887 e. The topological polar surface area (TPSA) is 39.1 Å². The summed E-state index contributed by atoms with van der Waals surface area (Å²) in [7, 11) is 1.88. The Kier molecular flexibility index (Phi) is 5.82. The zero-order valence-corrected chi connectivity index (χ0v) is 14.1. The maximum atomic E-state index is 6.11. The first-order valence-electron chi connectivity index (χ1n) is 8.47. The highest BCUT2D eigenvalue weighted by atomic mass is 16.5. The molecule has 0 aromatic carbocycles. The lowest BCUT2D eigenvalue weighted by atomic mass is 9.74. The van der Waals surface area contributed by atoms with Crippen molar-refractivity contribution in [3.05, 3.63) is 18.0 Å². The van der Waals surface area contributed by atoms with Crippen molar-refractivity contribution in [2.45, 2.75) is 71.1 Å². The average Bonchev–Trinajstić information content (AvgIpc) is 2.98. The van der Waals surface area contributed by atoms with Gasteiger partial charge in [0.05, 0.1) is 17.3 Å². The van der Waals surface area contributed by atoms with Crippen molar-refractivity contribution in [1.29, 1.82) is 0 Å². The summed E-state index contributed by atoms with van der Waals surface area (Å²) in [5, 5.41) is 8.20. The minimum absolute atomic E-state index is 0.0887. The van der Waals surface area contributed by atoms with E-state index in [-0.39, 0.29) is 11.6 Å². The van der Waals surface area contributed by atoms with Crippen molar-refractivity contribution < 1.29 is 4.74 Å². The van der Waals surface area contributed by atoms with Gasteiger partial charge in [-0.3, -0.25) is 4.68 Å². The SMILES string of the molecule is CCCNC(c1ccnn1CC)C1(OC)CCC(C)CC1. The first-order valence-corrected chi connectivity index (χ1v) is 8.47. The summed E-state index contributed by atoms with van der Waals surface area (Å²) in [6.07, 6.45) is 7.79. The van der Waals surface area contributed by atoms with Crippen LogP contribution in [0.4, 0.5) is 0 Å². The van der Waals surface area contributed by atoms with E-state index >= 15 is 0 Å². The lowest BCUT2D eigenvalue weighted by Gasteiger charge is -2.44. The number of nitrogens with zero attached hydrogens (tertiary/aromatic N) is 2. The monoisotopic (exact) mass is 293 g/mol. The molecule has 0 spiro atoms. The number of hydrogen-bond acceptors (Lipinski definition) is 3. The molecular formula is C17H31N3O. The Balaban J connectivity index is 2.29. The van der Waals surface area contributed by atoms with Crippen molar-refractivity contribution in [3.63, 3.8) is 0 Å². The van der Waals surface area contributed by atoms with Crippen molar-refractivity contribution in [2.24, 2.45) is 5.92 Å². The van der Waals surface area contributed by atoms with Crippen LogP contribution >= 0.6 is 0 Å². The highest BCUT2D eigenvalue weighted by Gasteiger charge is 2.43. The largest absolute Gasteiger partial charge is 0.376 e. The molecule has 0 radical (unpaired) electrons. The third-order valence-corrected chi connectivity index (χ3v) is 5.00. The van der Waals surface area contributed by atoms with Crippen LogP contribution in [0.5, 0.6) is 0 Å². The normalized spacial score (nSPS) is 27.7. The molecule has 1 aromatic heterocycles. The van der Waals surface area contributed by atoms with E-state index < -0.39 is 0 Å². The zero-order valence-electron chi connectivity index (χ0n) is 14.1. The fourth-order valence-electron chi connectivity index (χ4n) is 3.56. The van der Waals surface area contributed by atoms with Crippen molar-refractivity contribution in [1.82, 2.24) is 15.1 Å². The lowest BCUT2D eigenvalue weighted by Crippen LogP contribution is -2.48. The van der Waals surface area contributed by atoms with E-state index in [4.69, 9.17) is 4.74 Å². The Morgan fingerprint density at radius 1 is 1.43 bits per heavy atom. The van der Waals surface area contributed by atoms with E-state index in [0.717, 1.165) is 38.3 Å². The van der Waals surface area contributed by atoms with Crippen LogP contribution in [0, 0.1) is 5.92 Å². The Morgan fingerprint density at radius 2 is 2.14 bits per heavy atom. The van der Waals surface area contributed by atoms with Crippen LogP contribution in [0.3, 0.4) is 0 Å². The molecule has 1 fully saturated rings. The Hall–Kier alpha value is -0.870. The summed E-state index contributed by atoms with van der Waals surface area (Å²) in [6, 6.07) is 2.38. The van der Waals surface area contributed by atoms with Gasteiger partial charge in [-0.2, -0.15) is 5.10 Å². The molecule has 2 rings (SSSR count). The van der Waals surface area contributed by atoms with Crippen molar-refractivity contribution in [2.75, 3.05) is 13.7 Å². The molecule has 0 bridgehead atoms. The molecule has 1 heterocycles. The number of rotatable bonds is 7. The van der Waals surface area contributed by atoms with E-state index in [1.54, 1.807) is 0 Å². The first-order chi connectivity index (χ1) is 10.2. The Bertz CT molecular complexity index is 421. The van der Waals surface area contributed by atoms with Gasteiger partial charge in [-0.25, -0.2) is 0 Å². The molecule has 21 heavy (non-hydrogen) atoms. The predicted octanol–water partition coefficient (Wildman–Crippen LogP) is 3.54. The molecule has 0 aliphatic heterocycles. The summed E-state index contributed by atoms with van der Waals surface area (Å²) in [5.74, 6) is 0.816. The third-order valence-electron chi connectivity index (χ3n) is 5.00. The number of nitrogens with one attached hydrogen (secondary N) is 1. The average molecular weight is 293 g/mol. The summed E-state index contributed by atoms with van der Waals surface area (Å²) in [4.78, 5) is 0. The van der Waals surface area contributed by atoms with Crippen LogP contribution in [0.2, 0.25) is 0 Å². The molecule has 1 saturated carbocycles. The minimum Gasteiger partial charge on any atom is -0.376 e. The number of methoxy groups -OCH3 is 1. The molecule has 0 amide bonds. The first kappa shape index (κ1) is 16.5. The molecule has 120 valence electrons. The molecule has 1 aliphatic carbocycles. The highest BCUT2D eigenvalue weighted by Crippen LogP contribution is 2.42. The van der Waals surface area contributed by atoms with E-state index in [0.29, 0.717) is 0 Å². The molecule has 1 aliphatic rings. The van der Waals surface area contributed by atoms with Crippen LogP contribution in [0.1, 0.15) is 64.6 Å². The van der Waals surface area contributed by atoms with Gasteiger partial charge in [-0.1, -0.05) is 13.8 Å². The van der Waals surface area contributed by atoms with E-state index in [1.165, 1.54) is 18.5 Å². The Morgan fingerprint density at radius 3 is 2.71 bits per heavy atom. The second-order valence-electron chi connectivity index (χ2n) is 6.41. The van der Waals surface area contributed by atoms with Gasteiger partial charge < -0.3 is 10.1 Å². The van der Waals surface area contributed by atoms with Gasteiger partial charge in [0.15, 0.2) is 0 Å². The van der Waals surface area contributed by atoms with E-state index in [1.807, 2.05) is 13.3 Å². The number of aromatic nitrogens is 2. The fourth-order valence-corrected chi connectivity index (χ4v) is 3.56. The highest BCUT2D eigenvalue weighted by molar-refractivity contribution is 5.14. The zero-order chi connectivity index (χ0) is 15.3. The lowest BCUT2D eigenvalue weighted by molar-refractivity contribution is -0.0778. The maximum Gasteiger partial charge on any atom is 0.0887 e. The van der Waals surface area contributed by atoms with Crippen LogP contribution in [0.15, 0.2) is 12.3 Å². The summed E-state index contributed by atoms with van der Waals surface area (Å²) in [5.41, 5.74) is 1.18. The number of hydrogen-bond donors (Lipinski definition) is 1. The summed E-state index contributed by atoms with van der Waals surface area (Å²) in [6.45, 7) is 8.63. The second kappa shape index (κ2) is 7.41. The summed E-state index contributed by atoms with van der Waals surface area (Å²) < 4.78 is 8.21. The van der Waals surface area contributed by atoms with Crippen LogP contribution in [0.25, 0.3) is 0 Å². The quantitative estimate of drug-likeness (QED) is 0.836. The van der Waals surface area contributed by atoms with Crippen molar-refractivity contribution >= 4 is 0 Å². The van der Waals surface area contributed by atoms with E-state index in [2.05, 4.69) is 41.9 Å². The molecule has 1 unspecified atom stereocenters. The predicted molar refractivity (Wildman–Crippen MR) is 86.3 cm³/mol. The Labute approximate surface area is 129 Å². The van der Waals surface area contributed by atoms with Gasteiger partial charge in [0.25, 0.3) is 0 Å². The van der Waals surface area contributed by atoms with E-state index in [9.17, 15) is 0 Å². The van der Waals surface area contributed by atoms with Gasteiger partial charge in [0.2, 0.25) is 0 Å². The second-order valence-corrected chi connectivity index (χ2v) is 6.41. The maximum absolute atomic E-state index is 6.11. The molecule has 1 N–H and O–H groups in total. The van der Waals surface area contributed by atoms with Crippen molar-refractivity contribution in [3.8, 4) is 0 Å². The standard InChI is InChI=1S/C17H31N3O/c1-5-12-18-16(15-9-13-19-20(15)6-2)17(21-4)10-7-14(3)8-11-17/h9,13-14,16,18H,5-8,10-12H2,1-4H3. The number of ether oxygens (including phenoxy) is 1. The van der Waals surface area contributed by atoms with Gasteiger partial charge in [-0.15, -0.1) is 0 Å². The molecule has 4 nitrogen and oxygen atoms in total. The molecule has 4 heteroatoms. The van der Waals surface area contributed by atoms with Gasteiger partial charge >= 0.3 is 0 Å². The van der Waals surface area contributed by atoms with Gasteiger partial charge in [-0.05, 0) is 57.6 Å². The van der Waals surface area contributed by atoms with Crippen LogP contribution < -0.4 is 5.32 Å². The third kappa shape index (κ3) is 3.49. The molecule has 1 aromatic rings. The van der Waals surface area contributed by atoms with Crippen LogP contribution in [-0.2, 0) is 11.3 Å².